The Kier molecular flexibility index (Phi) is 7.28. The van der Waals surface area contributed by atoms with Crippen LogP contribution < -0.4 is 3.27 Å². The van der Waals surface area contributed by atoms with Gasteiger partial charge in [-0.15, -0.1) is 0 Å². The number of benzene rings is 4. The van der Waals surface area contributed by atoms with Crippen molar-refractivity contribution in [2.45, 2.75) is 57.8 Å². The van der Waals surface area contributed by atoms with Crippen LogP contribution in [0.25, 0.3) is 11.1 Å². The quantitative estimate of drug-likeness (QED) is 0.188. The van der Waals surface area contributed by atoms with Crippen molar-refractivity contribution in [3.05, 3.63) is 146 Å². The Morgan fingerprint density at radius 1 is 0.615 bits per heavy atom. The van der Waals surface area contributed by atoms with Gasteiger partial charge in [0, 0.05) is 0 Å². The predicted octanol–water partition coefficient (Wildman–Crippen LogP) is 8.66. The Hall–Kier alpha value is -2.89. The van der Waals surface area contributed by atoms with Crippen LogP contribution in [0.3, 0.4) is 0 Å². The van der Waals surface area contributed by atoms with Gasteiger partial charge in [-0.1, -0.05) is 0 Å². The molecule has 0 radical (unpaired) electrons. The van der Waals surface area contributed by atoms with Crippen LogP contribution in [0.2, 0.25) is 0 Å². The van der Waals surface area contributed by atoms with E-state index in [2.05, 4.69) is 109 Å². The Morgan fingerprint density at radius 3 is 2.00 bits per heavy atom. The van der Waals surface area contributed by atoms with Crippen molar-refractivity contribution < 1.29 is 21.3 Å². The minimum atomic E-state index is -2.16. The van der Waals surface area contributed by atoms with E-state index in [0.717, 1.165) is 19.3 Å². The molecule has 3 aliphatic carbocycles. The van der Waals surface area contributed by atoms with Crippen molar-refractivity contribution in [2.75, 3.05) is 0 Å². The average molecular weight is 584 g/mol. The summed E-state index contributed by atoms with van der Waals surface area (Å²) < 4.78 is 5.56. The normalized spacial score (nSPS) is 15.7. The number of rotatable bonds is 6. The van der Waals surface area contributed by atoms with Crippen LogP contribution in [0.5, 0.6) is 0 Å². The first-order valence-electron chi connectivity index (χ1n) is 14.8. The Labute approximate surface area is 241 Å². The van der Waals surface area contributed by atoms with Gasteiger partial charge in [-0.05, 0) is 0 Å². The van der Waals surface area contributed by atoms with Crippen LogP contribution in [0.1, 0.15) is 71.9 Å². The van der Waals surface area contributed by atoms with Gasteiger partial charge in [-0.25, -0.2) is 0 Å². The van der Waals surface area contributed by atoms with Crippen LogP contribution in [0.4, 0.5) is 0 Å². The van der Waals surface area contributed by atoms with Gasteiger partial charge >= 0.3 is 243 Å². The van der Waals surface area contributed by atoms with E-state index >= 15 is 0 Å². The van der Waals surface area contributed by atoms with Gasteiger partial charge in [0.1, 0.15) is 0 Å². The molecule has 0 saturated heterocycles. The van der Waals surface area contributed by atoms with E-state index in [9.17, 15) is 0 Å². The fourth-order valence-corrected chi connectivity index (χ4v) is 15.5. The van der Waals surface area contributed by atoms with Gasteiger partial charge in [-0.2, -0.15) is 0 Å². The van der Waals surface area contributed by atoms with E-state index in [1.807, 2.05) is 3.21 Å². The zero-order valence-corrected chi connectivity index (χ0v) is 25.2. The van der Waals surface area contributed by atoms with Crippen LogP contribution in [0, 0.1) is 0 Å². The van der Waals surface area contributed by atoms with Crippen LogP contribution in [-0.2, 0) is 40.5 Å². The summed E-state index contributed by atoms with van der Waals surface area (Å²) in [6.07, 6.45) is 18.5. The summed E-state index contributed by atoms with van der Waals surface area (Å²) >= 11 is -2.16. The van der Waals surface area contributed by atoms with Gasteiger partial charge in [-0.3, -0.25) is 0 Å². The summed E-state index contributed by atoms with van der Waals surface area (Å²) in [5, 5.41) is 0. The van der Waals surface area contributed by atoms with Crippen molar-refractivity contribution in [3.63, 3.8) is 0 Å². The third-order valence-electron chi connectivity index (χ3n) is 8.82. The summed E-state index contributed by atoms with van der Waals surface area (Å²) in [4.78, 5) is 0. The molecule has 1 saturated carbocycles. The molecule has 192 valence electrons. The van der Waals surface area contributed by atoms with Crippen LogP contribution in [0.15, 0.2) is 113 Å². The molecule has 4 aromatic carbocycles. The van der Waals surface area contributed by atoms with Crippen molar-refractivity contribution in [2.24, 2.45) is 0 Å². The Bertz CT molecular complexity index is 1590. The molecule has 0 bridgehead atoms. The molecule has 0 aliphatic heterocycles. The zero-order chi connectivity index (χ0) is 26.0. The third-order valence-corrected chi connectivity index (χ3v) is 16.7. The van der Waals surface area contributed by atoms with Crippen molar-refractivity contribution in [1.82, 2.24) is 0 Å². The monoisotopic (exact) mass is 582 g/mol. The molecule has 0 N–H and O–H groups in total. The van der Waals surface area contributed by atoms with Crippen molar-refractivity contribution in [3.8, 4) is 11.1 Å². The second kappa shape index (κ2) is 11.3. The van der Waals surface area contributed by atoms with Crippen molar-refractivity contribution >= 4 is 6.48 Å². The molecule has 0 heterocycles. The molecule has 3 aliphatic rings. The summed E-state index contributed by atoms with van der Waals surface area (Å²) in [6, 6.07) is 34.6. The summed E-state index contributed by atoms with van der Waals surface area (Å²) in [5.74, 6) is 0. The maximum absolute atomic E-state index is 2.68. The van der Waals surface area contributed by atoms with E-state index in [4.69, 9.17) is 0 Å². The molecule has 0 nitrogen and oxygen atoms in total. The SMILES string of the molecule is C1=CC[C]([Zr](=[C]2CCCCC2)[c]2cc(Cc3ccccc3)cc3c2Cc2ccc(Cc4ccccc4)cc2-3)=C1. The number of hydrogen-bond donors (Lipinski definition) is 0. The van der Waals surface area contributed by atoms with E-state index in [-0.39, 0.29) is 0 Å². The van der Waals surface area contributed by atoms with Gasteiger partial charge in [0.15, 0.2) is 0 Å². The van der Waals surface area contributed by atoms with Crippen molar-refractivity contribution in [1.29, 1.82) is 0 Å². The number of hydrogen-bond acceptors (Lipinski definition) is 0. The fraction of sp³-hybridized carbons (Fsp3) is 0.237. The van der Waals surface area contributed by atoms with E-state index in [1.54, 1.807) is 12.1 Å². The second-order valence-electron chi connectivity index (χ2n) is 11.5. The standard InChI is InChI=1S/C27H21.C6H10.C5H5.Zr/c1-3-7-20(8-4-1)15-22-11-13-24-19-25-14-12-23(18-27(25)26(24)17-22)16-21-9-5-2-6-10-21;1-2-4-6-5-3-1;1-2-4-5-3-1;/h1-13,17-18H,15-16,19H2;1-5H2;1-3H,4H2;. The first-order valence-corrected chi connectivity index (χ1v) is 18.4. The van der Waals surface area contributed by atoms with Gasteiger partial charge in [0.25, 0.3) is 0 Å². The molecule has 1 heteroatoms. The van der Waals surface area contributed by atoms with Gasteiger partial charge < -0.3 is 0 Å². The Balaban J connectivity index is 1.38. The molecule has 0 amide bonds. The zero-order valence-electron chi connectivity index (χ0n) is 22.8. The summed E-state index contributed by atoms with van der Waals surface area (Å²) in [6.45, 7) is 0. The molecule has 4 aromatic rings. The second-order valence-corrected chi connectivity index (χ2v) is 18.0. The fourth-order valence-electron chi connectivity index (χ4n) is 6.93. The topological polar surface area (TPSA) is 0 Å². The molecule has 1 fully saturated rings. The van der Waals surface area contributed by atoms with Gasteiger partial charge in [0.2, 0.25) is 0 Å². The molecule has 0 spiro atoms. The molecule has 0 aromatic heterocycles. The van der Waals surface area contributed by atoms with E-state index in [1.165, 1.54) is 77.5 Å². The summed E-state index contributed by atoms with van der Waals surface area (Å²) in [5.41, 5.74) is 11.9. The van der Waals surface area contributed by atoms with Crippen LogP contribution >= 0.6 is 0 Å². The molecule has 39 heavy (non-hydrogen) atoms. The molecule has 0 unspecified atom stereocenters. The van der Waals surface area contributed by atoms with Gasteiger partial charge in [0.05, 0.1) is 0 Å². The maximum atomic E-state index is 2.68. The minimum absolute atomic E-state index is 0.998. The predicted molar refractivity (Wildman–Crippen MR) is 163 cm³/mol. The molecule has 0 atom stereocenters. The molecular formula is C38H36Zr. The van der Waals surface area contributed by atoms with Crippen LogP contribution in [-0.4, -0.2) is 3.21 Å². The van der Waals surface area contributed by atoms with E-state index in [0.29, 0.717) is 0 Å². The van der Waals surface area contributed by atoms with E-state index < -0.39 is 21.3 Å². The summed E-state index contributed by atoms with van der Waals surface area (Å²) in [7, 11) is 0. The third kappa shape index (κ3) is 5.31. The first kappa shape index (κ1) is 25.1. The average Bonchev–Trinajstić information content (AvgIpc) is 3.64. The molecular weight excluding hydrogens is 548 g/mol. The first-order chi connectivity index (χ1) is 19.3. The number of allylic oxidation sites excluding steroid dienone is 4. The molecule has 7 rings (SSSR count). The Morgan fingerprint density at radius 2 is 1.31 bits per heavy atom. The number of fused-ring (bicyclic) bond motifs is 3.